The van der Waals surface area contributed by atoms with Crippen molar-refractivity contribution < 1.29 is 18.0 Å². The molecule has 116 valence electrons. The Morgan fingerprint density at radius 2 is 1.81 bits per heavy atom. The van der Waals surface area contributed by atoms with Gasteiger partial charge in [0, 0.05) is 24.7 Å². The van der Waals surface area contributed by atoms with Gasteiger partial charge < -0.3 is 10.2 Å². The Kier molecular flexibility index (Phi) is 5.22. The average Bonchev–Trinajstić information content (AvgIpc) is 2.44. The lowest BCUT2D eigenvalue weighted by molar-refractivity contribution is 0.0632. The number of hydrogen-bond acceptors (Lipinski definition) is 2. The van der Waals surface area contributed by atoms with Gasteiger partial charge in [-0.1, -0.05) is 6.92 Å². The fourth-order valence-corrected chi connectivity index (χ4v) is 2.70. The molecule has 1 N–H and O–H groups in total. The highest BCUT2D eigenvalue weighted by Gasteiger charge is 2.29. The second-order valence-electron chi connectivity index (χ2n) is 5.22. The molecule has 2 rings (SSSR count). The number of rotatable bonds is 4. The predicted octanol–water partition coefficient (Wildman–Crippen LogP) is 2.71. The largest absolute Gasteiger partial charge is 0.335 e. The summed E-state index contributed by atoms with van der Waals surface area (Å²) in [4.78, 5) is 14.0. The second kappa shape index (κ2) is 6.93. The van der Waals surface area contributed by atoms with E-state index in [9.17, 15) is 18.0 Å². The third-order valence-electron chi connectivity index (χ3n) is 3.70. The molecular formula is C15H19F3N2O. The number of nitrogens with zero attached hydrogens (tertiary/aromatic N) is 1. The van der Waals surface area contributed by atoms with E-state index in [1.807, 2.05) is 6.92 Å². The monoisotopic (exact) mass is 300 g/mol. The van der Waals surface area contributed by atoms with Crippen LogP contribution in [0.4, 0.5) is 13.2 Å². The van der Waals surface area contributed by atoms with Gasteiger partial charge in [0.1, 0.15) is 23.0 Å². The van der Waals surface area contributed by atoms with Crippen molar-refractivity contribution in [2.75, 3.05) is 19.6 Å². The molecule has 1 aromatic rings. The van der Waals surface area contributed by atoms with E-state index in [4.69, 9.17) is 0 Å². The standard InChI is InChI=1S/C15H19F3N2O/c1-2-7-20(11-3-5-19-6-4-11)15(21)14-12(17)8-10(16)9-13(14)18/h8-9,11,19H,2-7H2,1H3. The van der Waals surface area contributed by atoms with E-state index in [-0.39, 0.29) is 6.04 Å². The lowest BCUT2D eigenvalue weighted by Crippen LogP contribution is -2.47. The first-order valence-electron chi connectivity index (χ1n) is 7.20. The van der Waals surface area contributed by atoms with Gasteiger partial charge in [0.05, 0.1) is 0 Å². The summed E-state index contributed by atoms with van der Waals surface area (Å²) in [6.45, 7) is 3.87. The fraction of sp³-hybridized carbons (Fsp3) is 0.533. The highest BCUT2D eigenvalue weighted by molar-refractivity contribution is 5.95. The number of nitrogens with one attached hydrogen (secondary N) is 1. The van der Waals surface area contributed by atoms with Crippen molar-refractivity contribution in [1.82, 2.24) is 10.2 Å². The summed E-state index contributed by atoms with van der Waals surface area (Å²) in [6, 6.07) is 1.05. The molecule has 0 spiro atoms. The van der Waals surface area contributed by atoms with Crippen LogP contribution in [0.15, 0.2) is 12.1 Å². The summed E-state index contributed by atoms with van der Waals surface area (Å²) in [7, 11) is 0. The molecule has 6 heteroatoms. The molecule has 1 aromatic carbocycles. The minimum Gasteiger partial charge on any atom is -0.335 e. The van der Waals surface area contributed by atoms with Crippen LogP contribution >= 0.6 is 0 Å². The van der Waals surface area contributed by atoms with Crippen LogP contribution < -0.4 is 5.32 Å². The third kappa shape index (κ3) is 3.56. The van der Waals surface area contributed by atoms with Crippen molar-refractivity contribution >= 4 is 5.91 Å². The van der Waals surface area contributed by atoms with Gasteiger partial charge in [-0.3, -0.25) is 4.79 Å². The van der Waals surface area contributed by atoms with Crippen molar-refractivity contribution in [3.05, 3.63) is 35.1 Å². The molecule has 21 heavy (non-hydrogen) atoms. The second-order valence-corrected chi connectivity index (χ2v) is 5.22. The quantitative estimate of drug-likeness (QED) is 0.927. The van der Waals surface area contributed by atoms with E-state index >= 15 is 0 Å². The lowest BCUT2D eigenvalue weighted by Gasteiger charge is -2.34. The van der Waals surface area contributed by atoms with Gasteiger partial charge in [-0.2, -0.15) is 0 Å². The summed E-state index contributed by atoms with van der Waals surface area (Å²) < 4.78 is 40.5. The summed E-state index contributed by atoms with van der Waals surface area (Å²) >= 11 is 0. The molecule has 0 aliphatic carbocycles. The molecule has 1 amide bonds. The number of piperidine rings is 1. The van der Waals surface area contributed by atoms with E-state index in [0.29, 0.717) is 25.1 Å². The molecule has 1 heterocycles. The minimum absolute atomic E-state index is 0.0393. The van der Waals surface area contributed by atoms with Crippen molar-refractivity contribution in [1.29, 1.82) is 0 Å². The molecule has 1 aliphatic heterocycles. The van der Waals surface area contributed by atoms with E-state index in [1.54, 1.807) is 0 Å². The van der Waals surface area contributed by atoms with Crippen LogP contribution in [-0.2, 0) is 0 Å². The van der Waals surface area contributed by atoms with Crippen LogP contribution in [0.25, 0.3) is 0 Å². The Bertz CT molecular complexity index is 493. The molecule has 0 saturated carbocycles. The molecule has 0 aromatic heterocycles. The number of halogens is 3. The predicted molar refractivity (Wildman–Crippen MR) is 73.5 cm³/mol. The maximum atomic E-state index is 13.8. The maximum Gasteiger partial charge on any atom is 0.260 e. The normalized spacial score (nSPS) is 16.0. The fourth-order valence-electron chi connectivity index (χ4n) is 2.70. The molecular weight excluding hydrogens is 281 g/mol. The number of benzene rings is 1. The van der Waals surface area contributed by atoms with Crippen molar-refractivity contribution in [3.63, 3.8) is 0 Å². The Morgan fingerprint density at radius 1 is 1.24 bits per heavy atom. The van der Waals surface area contributed by atoms with Crippen LogP contribution in [0.5, 0.6) is 0 Å². The zero-order valence-electron chi connectivity index (χ0n) is 12.0. The summed E-state index contributed by atoms with van der Waals surface area (Å²) in [6.07, 6.45) is 2.19. The molecule has 1 saturated heterocycles. The zero-order chi connectivity index (χ0) is 15.4. The Labute approximate surface area is 122 Å². The van der Waals surface area contributed by atoms with Crippen molar-refractivity contribution in [2.45, 2.75) is 32.2 Å². The van der Waals surface area contributed by atoms with Gasteiger partial charge in [0.25, 0.3) is 5.91 Å². The number of amides is 1. The maximum absolute atomic E-state index is 13.8. The molecule has 1 fully saturated rings. The first-order chi connectivity index (χ1) is 10.0. The van der Waals surface area contributed by atoms with Gasteiger partial charge in [-0.15, -0.1) is 0 Å². The summed E-state index contributed by atoms with van der Waals surface area (Å²) in [5.41, 5.74) is -0.664. The van der Waals surface area contributed by atoms with E-state index in [2.05, 4.69) is 5.32 Å². The van der Waals surface area contributed by atoms with Crippen LogP contribution in [-0.4, -0.2) is 36.5 Å². The van der Waals surface area contributed by atoms with E-state index in [0.717, 1.165) is 25.9 Å². The van der Waals surface area contributed by atoms with Crippen LogP contribution in [0, 0.1) is 17.5 Å². The number of hydrogen-bond donors (Lipinski definition) is 1. The minimum atomic E-state index is -1.15. The SMILES string of the molecule is CCCN(C(=O)c1c(F)cc(F)cc1F)C1CCNCC1. The number of carbonyl (C=O) groups excluding carboxylic acids is 1. The average molecular weight is 300 g/mol. The van der Waals surface area contributed by atoms with Gasteiger partial charge in [-0.05, 0) is 32.4 Å². The first-order valence-corrected chi connectivity index (χ1v) is 7.20. The molecule has 3 nitrogen and oxygen atoms in total. The first kappa shape index (κ1) is 15.8. The van der Waals surface area contributed by atoms with E-state index < -0.39 is 28.9 Å². The molecule has 0 bridgehead atoms. The third-order valence-corrected chi connectivity index (χ3v) is 3.70. The Balaban J connectivity index is 2.29. The highest BCUT2D eigenvalue weighted by atomic mass is 19.1. The zero-order valence-corrected chi connectivity index (χ0v) is 12.0. The van der Waals surface area contributed by atoms with Crippen LogP contribution in [0.3, 0.4) is 0 Å². The number of carbonyl (C=O) groups is 1. The van der Waals surface area contributed by atoms with Crippen molar-refractivity contribution in [3.8, 4) is 0 Å². The summed E-state index contributed by atoms with van der Waals surface area (Å²) in [5, 5.41) is 3.18. The molecule has 0 atom stereocenters. The molecule has 0 unspecified atom stereocenters. The Morgan fingerprint density at radius 3 is 2.33 bits per heavy atom. The van der Waals surface area contributed by atoms with Gasteiger partial charge in [0.2, 0.25) is 0 Å². The van der Waals surface area contributed by atoms with Crippen LogP contribution in [0.2, 0.25) is 0 Å². The molecule has 0 radical (unpaired) electrons. The summed E-state index contributed by atoms with van der Waals surface area (Å²) in [5.74, 6) is -4.01. The molecule has 1 aliphatic rings. The Hall–Kier alpha value is -1.56. The highest BCUT2D eigenvalue weighted by Crippen LogP contribution is 2.21. The smallest absolute Gasteiger partial charge is 0.260 e. The topological polar surface area (TPSA) is 32.3 Å². The van der Waals surface area contributed by atoms with Gasteiger partial charge in [-0.25, -0.2) is 13.2 Å². The van der Waals surface area contributed by atoms with Crippen molar-refractivity contribution in [2.24, 2.45) is 0 Å². The van der Waals surface area contributed by atoms with Gasteiger partial charge in [0.15, 0.2) is 0 Å². The lowest BCUT2D eigenvalue weighted by atomic mass is 10.0. The van der Waals surface area contributed by atoms with Crippen LogP contribution in [0.1, 0.15) is 36.5 Å². The van der Waals surface area contributed by atoms with E-state index in [1.165, 1.54) is 4.90 Å². The van der Waals surface area contributed by atoms with Gasteiger partial charge >= 0.3 is 0 Å².